The molecule has 6 aromatic rings. The van der Waals surface area contributed by atoms with Crippen LogP contribution in [0.4, 0.5) is 0 Å². The third kappa shape index (κ3) is 4.73. The first-order valence-corrected chi connectivity index (χ1v) is 14.6. The van der Waals surface area contributed by atoms with E-state index in [-0.39, 0.29) is 0 Å². The molecule has 1 aliphatic rings. The molecule has 7 rings (SSSR count). The molecule has 6 aromatic carbocycles. The molecule has 0 unspecified atom stereocenters. The maximum absolute atomic E-state index is 12.0. The number of carbonyl (C=O) groups excluding carboxylic acids is 2. The van der Waals surface area contributed by atoms with Crippen LogP contribution in [0.25, 0.3) is 33.0 Å². The average Bonchev–Trinajstić information content (AvgIpc) is 3.37. The Morgan fingerprint density at radius 3 is 1.58 bits per heavy atom. The second-order valence-electron chi connectivity index (χ2n) is 10.9. The molecule has 0 heterocycles. The van der Waals surface area contributed by atoms with Gasteiger partial charge in [0.05, 0.1) is 5.41 Å². The van der Waals surface area contributed by atoms with Gasteiger partial charge < -0.3 is 9.47 Å². The molecule has 216 valence electrons. The molecule has 45 heavy (non-hydrogen) atoms. The van der Waals surface area contributed by atoms with Crippen molar-refractivity contribution in [3.8, 4) is 33.8 Å². The van der Waals surface area contributed by atoms with Gasteiger partial charge in [-0.25, -0.2) is 9.59 Å². The second kappa shape index (κ2) is 11.3. The molecule has 0 bridgehead atoms. The first-order valence-electron chi connectivity index (χ1n) is 14.6. The number of benzene rings is 6. The van der Waals surface area contributed by atoms with Gasteiger partial charge in [-0.15, -0.1) is 0 Å². The van der Waals surface area contributed by atoms with Crippen LogP contribution in [0.15, 0.2) is 159 Å². The first kappa shape index (κ1) is 27.8. The van der Waals surface area contributed by atoms with Crippen molar-refractivity contribution in [2.75, 3.05) is 0 Å². The molecule has 1 aliphatic carbocycles. The van der Waals surface area contributed by atoms with Gasteiger partial charge in [0.2, 0.25) is 0 Å². The van der Waals surface area contributed by atoms with Gasteiger partial charge in [0, 0.05) is 12.2 Å². The summed E-state index contributed by atoms with van der Waals surface area (Å²) in [7, 11) is 0. The summed E-state index contributed by atoms with van der Waals surface area (Å²) in [5.41, 5.74) is 8.08. The van der Waals surface area contributed by atoms with Gasteiger partial charge in [0.15, 0.2) is 0 Å². The molecule has 0 spiro atoms. The van der Waals surface area contributed by atoms with E-state index in [1.54, 1.807) is 0 Å². The van der Waals surface area contributed by atoms with Crippen molar-refractivity contribution in [2.45, 2.75) is 5.41 Å². The molecule has 0 amide bonds. The van der Waals surface area contributed by atoms with Crippen molar-refractivity contribution in [1.29, 1.82) is 0 Å². The summed E-state index contributed by atoms with van der Waals surface area (Å²) in [4.78, 5) is 23.9. The highest BCUT2D eigenvalue weighted by Crippen LogP contribution is 2.57. The Labute approximate surface area is 261 Å². The molecule has 0 atom stereocenters. The van der Waals surface area contributed by atoms with Crippen LogP contribution in [0.2, 0.25) is 0 Å². The lowest BCUT2D eigenvalue weighted by molar-refractivity contribution is -0.129. The van der Waals surface area contributed by atoms with E-state index in [0.29, 0.717) is 11.5 Å². The van der Waals surface area contributed by atoms with Gasteiger partial charge in [-0.3, -0.25) is 0 Å². The Hall–Kier alpha value is -6.00. The molecule has 0 saturated carbocycles. The molecule has 4 heteroatoms. The lowest BCUT2D eigenvalue weighted by Crippen LogP contribution is -2.28. The van der Waals surface area contributed by atoms with E-state index >= 15 is 0 Å². The highest BCUT2D eigenvalue weighted by Gasteiger charge is 2.46. The quantitative estimate of drug-likeness (QED) is 0.107. The first-order chi connectivity index (χ1) is 22.0. The summed E-state index contributed by atoms with van der Waals surface area (Å²) in [6, 6.07) is 45.3. The normalized spacial score (nSPS) is 12.5. The largest absolute Gasteiger partial charge is 0.423 e. The van der Waals surface area contributed by atoms with Crippen molar-refractivity contribution in [1.82, 2.24) is 0 Å². The van der Waals surface area contributed by atoms with Crippen LogP contribution in [0.5, 0.6) is 11.5 Å². The van der Waals surface area contributed by atoms with Crippen LogP contribution < -0.4 is 9.47 Å². The van der Waals surface area contributed by atoms with Gasteiger partial charge in [-0.2, -0.15) is 0 Å². The van der Waals surface area contributed by atoms with Crippen LogP contribution in [-0.4, -0.2) is 11.9 Å². The Bertz CT molecular complexity index is 2040. The van der Waals surface area contributed by atoms with Crippen molar-refractivity contribution in [3.63, 3.8) is 0 Å². The van der Waals surface area contributed by atoms with E-state index in [9.17, 15) is 9.59 Å². The summed E-state index contributed by atoms with van der Waals surface area (Å²) in [5.74, 6) is -0.166. The van der Waals surface area contributed by atoms with E-state index in [4.69, 9.17) is 9.47 Å². The summed E-state index contributed by atoms with van der Waals surface area (Å²) in [5, 5.41) is 2.28. The molecule has 4 nitrogen and oxygen atoms in total. The minimum Gasteiger partial charge on any atom is -0.423 e. The molecule has 0 aromatic heterocycles. The van der Waals surface area contributed by atoms with E-state index in [0.717, 1.165) is 67.4 Å². The minimum absolute atomic E-state index is 0.432. The lowest BCUT2D eigenvalue weighted by Gasteiger charge is -2.34. The fourth-order valence-corrected chi connectivity index (χ4v) is 6.47. The molecule has 0 fully saturated rings. The number of esters is 2. The predicted molar refractivity (Wildman–Crippen MR) is 178 cm³/mol. The van der Waals surface area contributed by atoms with Crippen LogP contribution >= 0.6 is 0 Å². The molecule has 0 N–H and O–H groups in total. The molecule has 0 aliphatic heterocycles. The van der Waals surface area contributed by atoms with Crippen LogP contribution in [0.1, 0.15) is 22.3 Å². The third-order valence-electron chi connectivity index (χ3n) is 8.46. The molecule has 0 saturated heterocycles. The van der Waals surface area contributed by atoms with Crippen LogP contribution in [0, 0.1) is 0 Å². The minimum atomic E-state index is -0.730. The Morgan fingerprint density at radius 1 is 0.511 bits per heavy atom. The summed E-state index contributed by atoms with van der Waals surface area (Å²) < 4.78 is 10.9. The summed E-state index contributed by atoms with van der Waals surface area (Å²) in [6.07, 6.45) is 2.30. The Balaban J connectivity index is 1.52. The monoisotopic (exact) mass is 584 g/mol. The maximum atomic E-state index is 12.0. The van der Waals surface area contributed by atoms with Gasteiger partial charge in [-0.05, 0) is 97.7 Å². The third-order valence-corrected chi connectivity index (χ3v) is 8.46. The van der Waals surface area contributed by atoms with E-state index in [1.165, 1.54) is 0 Å². The topological polar surface area (TPSA) is 52.6 Å². The Morgan fingerprint density at radius 2 is 1.02 bits per heavy atom. The molecule has 0 radical (unpaired) electrons. The number of carbonyl (C=O) groups is 2. The summed E-state index contributed by atoms with van der Waals surface area (Å²) >= 11 is 0. The number of fused-ring (bicyclic) bond motifs is 4. The summed E-state index contributed by atoms with van der Waals surface area (Å²) in [6.45, 7) is 7.02. The van der Waals surface area contributed by atoms with Gasteiger partial charge in [0.1, 0.15) is 11.5 Å². The van der Waals surface area contributed by atoms with Crippen LogP contribution in [-0.2, 0) is 15.0 Å². The lowest BCUT2D eigenvalue weighted by atomic mass is 9.67. The molecular weight excluding hydrogens is 556 g/mol. The highest BCUT2D eigenvalue weighted by molar-refractivity contribution is 5.97. The van der Waals surface area contributed by atoms with E-state index < -0.39 is 17.4 Å². The second-order valence-corrected chi connectivity index (χ2v) is 10.9. The highest BCUT2D eigenvalue weighted by atomic mass is 16.5. The average molecular weight is 585 g/mol. The molecular formula is C41H28O4. The zero-order valence-electron chi connectivity index (χ0n) is 24.4. The number of ether oxygens (including phenoxy) is 2. The Kier molecular flexibility index (Phi) is 6.95. The maximum Gasteiger partial charge on any atom is 0.335 e. The standard InChI is InChI=1S/C41H28O4/c1-3-39(42)44-33-19-15-31(16-20-33)41(32-17-21-34(22-18-32)45-40(43)4-2)37-23-14-30(27-10-6-5-7-11-27)25-35(37)36-24-28-12-8-9-13-29(28)26-38(36)41/h3-26H,1-2H2. The predicted octanol–water partition coefficient (Wildman–Crippen LogP) is 9.05. The zero-order chi connectivity index (χ0) is 31.0. The number of hydrogen-bond donors (Lipinski definition) is 0. The smallest absolute Gasteiger partial charge is 0.335 e. The fourth-order valence-electron chi connectivity index (χ4n) is 6.47. The van der Waals surface area contributed by atoms with E-state index in [2.05, 4.69) is 92.0 Å². The van der Waals surface area contributed by atoms with Crippen LogP contribution in [0.3, 0.4) is 0 Å². The van der Waals surface area contributed by atoms with E-state index in [1.807, 2.05) is 54.6 Å². The number of hydrogen-bond acceptors (Lipinski definition) is 4. The SMILES string of the molecule is C=CC(=O)Oc1ccc(C2(c3ccc(OC(=O)C=C)cc3)c3ccc(-c4ccccc4)cc3-c3cc4ccccc4cc32)cc1. The van der Waals surface area contributed by atoms with Crippen molar-refractivity contribution >= 4 is 22.7 Å². The van der Waals surface area contributed by atoms with Gasteiger partial charge in [-0.1, -0.05) is 104 Å². The van der Waals surface area contributed by atoms with Crippen molar-refractivity contribution in [3.05, 3.63) is 181 Å². The van der Waals surface area contributed by atoms with Crippen molar-refractivity contribution < 1.29 is 19.1 Å². The van der Waals surface area contributed by atoms with Gasteiger partial charge in [0.25, 0.3) is 0 Å². The fraction of sp³-hybridized carbons (Fsp3) is 0.0244. The number of rotatable bonds is 7. The van der Waals surface area contributed by atoms with Crippen molar-refractivity contribution in [2.24, 2.45) is 0 Å². The van der Waals surface area contributed by atoms with Gasteiger partial charge >= 0.3 is 11.9 Å². The zero-order valence-corrected chi connectivity index (χ0v) is 24.4.